The fourth-order valence-corrected chi connectivity index (χ4v) is 3.74. The van der Waals surface area contributed by atoms with E-state index in [2.05, 4.69) is 33.5 Å². The summed E-state index contributed by atoms with van der Waals surface area (Å²) in [6.07, 6.45) is 4.82. The normalized spacial score (nSPS) is 21.2. The van der Waals surface area contributed by atoms with E-state index < -0.39 is 5.97 Å². The monoisotopic (exact) mass is 327 g/mol. The number of carbonyl (C=O) groups is 1. The molecule has 0 amide bonds. The Morgan fingerprint density at radius 3 is 2.71 bits per heavy atom. The summed E-state index contributed by atoms with van der Waals surface area (Å²) in [5.74, 6) is 0.105. The van der Waals surface area contributed by atoms with Gasteiger partial charge in [0.15, 0.2) is 0 Å². The predicted octanol–water partition coefficient (Wildman–Crippen LogP) is 2.69. The second-order valence-electron chi connectivity index (χ2n) is 6.69. The highest BCUT2D eigenvalue weighted by Gasteiger charge is 2.38. The van der Waals surface area contributed by atoms with Crippen LogP contribution in [0.25, 0.3) is 0 Å². The van der Waals surface area contributed by atoms with E-state index in [0.717, 1.165) is 31.9 Å². The number of hydrogen-bond acceptors (Lipinski definition) is 3. The molecule has 1 aliphatic rings. The topological polar surface area (TPSA) is 58.4 Å². The number of likely N-dealkylation sites (tertiary alicyclic amines) is 1. The van der Waals surface area contributed by atoms with Crippen molar-refractivity contribution in [1.29, 1.82) is 0 Å². The van der Waals surface area contributed by atoms with E-state index in [1.54, 1.807) is 0 Å². The van der Waals surface area contributed by atoms with Gasteiger partial charge in [-0.1, -0.05) is 24.3 Å². The molecule has 1 fully saturated rings. The summed E-state index contributed by atoms with van der Waals surface area (Å²) in [5, 5.41) is 9.63. The fraction of sp³-hybridized carbons (Fsp3) is 0.474. The molecule has 128 valence electrons. The van der Waals surface area contributed by atoms with Gasteiger partial charge in [0.05, 0.1) is 5.92 Å². The maximum Gasteiger partial charge on any atom is 0.308 e. The molecular weight excluding hydrogens is 302 g/mol. The number of hydrogen-bond donors (Lipinski definition) is 1. The third-order valence-electron chi connectivity index (χ3n) is 5.10. The number of imidazole rings is 1. The lowest BCUT2D eigenvalue weighted by Crippen LogP contribution is -2.25. The van der Waals surface area contributed by atoms with E-state index in [-0.39, 0.29) is 11.8 Å². The molecule has 5 heteroatoms. The second kappa shape index (κ2) is 7.18. The van der Waals surface area contributed by atoms with Crippen molar-refractivity contribution < 1.29 is 9.90 Å². The molecule has 0 radical (unpaired) electrons. The predicted molar refractivity (Wildman–Crippen MR) is 93.1 cm³/mol. The average molecular weight is 327 g/mol. The molecular formula is C19H25N3O2. The first-order chi connectivity index (χ1) is 11.6. The van der Waals surface area contributed by atoms with Crippen LogP contribution in [0, 0.1) is 19.8 Å². The smallest absolute Gasteiger partial charge is 0.308 e. The van der Waals surface area contributed by atoms with Crippen LogP contribution in [-0.2, 0) is 11.3 Å². The van der Waals surface area contributed by atoms with Crippen LogP contribution >= 0.6 is 0 Å². The first kappa shape index (κ1) is 16.7. The minimum Gasteiger partial charge on any atom is -0.481 e. The van der Waals surface area contributed by atoms with Crippen LogP contribution in [0.2, 0.25) is 0 Å². The van der Waals surface area contributed by atoms with Crippen LogP contribution in [0.3, 0.4) is 0 Å². The van der Waals surface area contributed by atoms with E-state index in [1.165, 1.54) is 11.1 Å². The molecule has 24 heavy (non-hydrogen) atoms. The number of aromatic nitrogens is 2. The van der Waals surface area contributed by atoms with Crippen LogP contribution in [0.1, 0.15) is 29.3 Å². The maximum atomic E-state index is 11.7. The van der Waals surface area contributed by atoms with E-state index in [1.807, 2.05) is 31.5 Å². The minimum absolute atomic E-state index is 0.0821. The molecule has 0 spiro atoms. The van der Waals surface area contributed by atoms with Gasteiger partial charge >= 0.3 is 5.97 Å². The van der Waals surface area contributed by atoms with Crippen molar-refractivity contribution in [2.24, 2.45) is 5.92 Å². The van der Waals surface area contributed by atoms with Crippen LogP contribution < -0.4 is 0 Å². The van der Waals surface area contributed by atoms with Gasteiger partial charge in [-0.05, 0) is 37.9 Å². The highest BCUT2D eigenvalue weighted by molar-refractivity contribution is 5.72. The van der Waals surface area contributed by atoms with Gasteiger partial charge in [0.2, 0.25) is 0 Å². The quantitative estimate of drug-likeness (QED) is 0.886. The van der Waals surface area contributed by atoms with Gasteiger partial charge in [0, 0.05) is 37.9 Å². The zero-order valence-electron chi connectivity index (χ0n) is 14.4. The Morgan fingerprint density at radius 1 is 1.25 bits per heavy atom. The summed E-state index contributed by atoms with van der Waals surface area (Å²) in [7, 11) is 0. The van der Waals surface area contributed by atoms with Crippen molar-refractivity contribution in [3.63, 3.8) is 0 Å². The van der Waals surface area contributed by atoms with Crippen molar-refractivity contribution in [1.82, 2.24) is 14.5 Å². The number of benzene rings is 1. The van der Waals surface area contributed by atoms with Crippen LogP contribution in [0.5, 0.6) is 0 Å². The Morgan fingerprint density at radius 2 is 2.04 bits per heavy atom. The molecule has 1 aromatic heterocycles. The summed E-state index contributed by atoms with van der Waals surface area (Å²) >= 11 is 0. The Labute approximate surface area is 142 Å². The van der Waals surface area contributed by atoms with E-state index in [0.29, 0.717) is 6.54 Å². The number of aliphatic carboxylic acids is 1. The number of rotatable bonds is 6. The molecule has 0 bridgehead atoms. The average Bonchev–Trinajstić information content (AvgIpc) is 3.15. The highest BCUT2D eigenvalue weighted by Crippen LogP contribution is 2.34. The van der Waals surface area contributed by atoms with Crippen LogP contribution in [-0.4, -0.2) is 45.2 Å². The summed E-state index contributed by atoms with van der Waals surface area (Å²) < 4.78 is 2.14. The number of carboxylic acid groups (broad SMARTS) is 1. The molecule has 1 saturated heterocycles. The van der Waals surface area contributed by atoms with Gasteiger partial charge in [0.1, 0.15) is 5.82 Å². The zero-order chi connectivity index (χ0) is 17.1. The standard InChI is InChI=1S/C19H25N3O2/c1-14-6-3-4-7-16(14)17-12-21(13-18(17)19(23)24)9-5-10-22-11-8-20-15(22)2/h3-4,6-8,11,17-18H,5,9-10,12-13H2,1-2H3,(H,23,24)/t17-,18+/m0/s1. The third-order valence-corrected chi connectivity index (χ3v) is 5.10. The lowest BCUT2D eigenvalue weighted by Gasteiger charge is -2.18. The summed E-state index contributed by atoms with van der Waals surface area (Å²) in [4.78, 5) is 18.2. The Bertz CT molecular complexity index is 710. The molecule has 0 unspecified atom stereocenters. The van der Waals surface area contributed by atoms with E-state index in [4.69, 9.17) is 0 Å². The minimum atomic E-state index is -0.684. The molecule has 1 N–H and O–H groups in total. The molecule has 1 aliphatic heterocycles. The molecule has 0 saturated carbocycles. The van der Waals surface area contributed by atoms with Gasteiger partial charge in [-0.25, -0.2) is 4.98 Å². The Balaban J connectivity index is 1.64. The van der Waals surface area contributed by atoms with Crippen molar-refractivity contribution in [2.75, 3.05) is 19.6 Å². The Hall–Kier alpha value is -2.14. The number of carboxylic acids is 1. The van der Waals surface area contributed by atoms with Crippen LogP contribution in [0.15, 0.2) is 36.7 Å². The largest absolute Gasteiger partial charge is 0.481 e. The zero-order valence-corrected chi connectivity index (χ0v) is 14.4. The van der Waals surface area contributed by atoms with Gasteiger partial charge in [-0.2, -0.15) is 0 Å². The molecule has 0 aliphatic carbocycles. The molecule has 3 rings (SSSR count). The van der Waals surface area contributed by atoms with E-state index in [9.17, 15) is 9.90 Å². The van der Waals surface area contributed by atoms with E-state index >= 15 is 0 Å². The summed E-state index contributed by atoms with van der Waals surface area (Å²) in [5.41, 5.74) is 2.36. The summed E-state index contributed by atoms with van der Waals surface area (Å²) in [6.45, 7) is 7.38. The van der Waals surface area contributed by atoms with Crippen LogP contribution in [0.4, 0.5) is 0 Å². The van der Waals surface area contributed by atoms with Crippen molar-refractivity contribution in [3.8, 4) is 0 Å². The lowest BCUT2D eigenvalue weighted by atomic mass is 9.86. The first-order valence-electron chi connectivity index (χ1n) is 8.54. The molecule has 1 aromatic carbocycles. The first-order valence-corrected chi connectivity index (χ1v) is 8.54. The van der Waals surface area contributed by atoms with Crippen molar-refractivity contribution in [2.45, 2.75) is 32.7 Å². The molecule has 2 aromatic rings. The fourth-order valence-electron chi connectivity index (χ4n) is 3.74. The number of aryl methyl sites for hydroxylation is 3. The van der Waals surface area contributed by atoms with Crippen molar-refractivity contribution >= 4 is 5.97 Å². The Kier molecular flexibility index (Phi) is 5.00. The summed E-state index contributed by atoms with van der Waals surface area (Å²) in [6, 6.07) is 8.16. The maximum absolute atomic E-state index is 11.7. The second-order valence-corrected chi connectivity index (χ2v) is 6.69. The van der Waals surface area contributed by atoms with Gasteiger partial charge in [-0.3, -0.25) is 4.79 Å². The number of nitrogens with zero attached hydrogens (tertiary/aromatic N) is 3. The van der Waals surface area contributed by atoms with Crippen molar-refractivity contribution in [3.05, 3.63) is 53.6 Å². The molecule has 5 nitrogen and oxygen atoms in total. The van der Waals surface area contributed by atoms with Gasteiger partial charge < -0.3 is 14.6 Å². The van der Waals surface area contributed by atoms with Gasteiger partial charge in [0.25, 0.3) is 0 Å². The lowest BCUT2D eigenvalue weighted by molar-refractivity contribution is -0.141. The third kappa shape index (κ3) is 3.51. The highest BCUT2D eigenvalue weighted by atomic mass is 16.4. The molecule has 2 heterocycles. The SMILES string of the molecule is Cc1ccccc1[C@@H]1CN(CCCn2ccnc2C)C[C@H]1C(=O)O. The molecule has 2 atom stereocenters. The van der Waals surface area contributed by atoms with Gasteiger partial charge in [-0.15, -0.1) is 0 Å².